The van der Waals surface area contributed by atoms with Gasteiger partial charge in [0, 0.05) is 10.6 Å². The first kappa shape index (κ1) is 18.3. The minimum Gasteiger partial charge on any atom is -0.303 e. The van der Waals surface area contributed by atoms with Gasteiger partial charge in [0.1, 0.15) is 0 Å². The maximum Gasteiger partial charge on any atom is 0.239 e. The number of carbonyl (C=O) groups is 1. The number of carbonyl (C=O) groups excluding carboxylic acids is 1. The van der Waals surface area contributed by atoms with Gasteiger partial charge >= 0.3 is 0 Å². The van der Waals surface area contributed by atoms with Crippen molar-refractivity contribution in [2.75, 3.05) is 0 Å². The molecule has 2 aromatic carbocycles. The van der Waals surface area contributed by atoms with E-state index in [-0.39, 0.29) is 11.2 Å². The zero-order chi connectivity index (χ0) is 17.8. The van der Waals surface area contributed by atoms with Crippen LogP contribution in [0.3, 0.4) is 0 Å². The number of rotatable bonds is 4. The summed E-state index contributed by atoms with van der Waals surface area (Å²) < 4.78 is 0. The minimum atomic E-state index is -0.328. The van der Waals surface area contributed by atoms with Crippen LogP contribution < -0.4 is 5.32 Å². The lowest BCUT2D eigenvalue weighted by molar-refractivity contribution is -0.118. The van der Waals surface area contributed by atoms with Gasteiger partial charge in [-0.05, 0) is 24.1 Å². The van der Waals surface area contributed by atoms with Crippen molar-refractivity contribution in [1.82, 2.24) is 5.32 Å². The molecule has 1 aliphatic heterocycles. The van der Waals surface area contributed by atoms with E-state index >= 15 is 0 Å². The van der Waals surface area contributed by atoms with Gasteiger partial charge in [-0.2, -0.15) is 5.10 Å². The molecule has 4 nitrogen and oxygen atoms in total. The third-order valence-electron chi connectivity index (χ3n) is 3.46. The Morgan fingerprint density at radius 1 is 1.08 bits per heavy atom. The van der Waals surface area contributed by atoms with Crippen molar-refractivity contribution in [3.05, 3.63) is 68.7 Å². The number of thioether (sulfide) groups is 1. The maximum absolute atomic E-state index is 12.1. The van der Waals surface area contributed by atoms with Gasteiger partial charge in [0.25, 0.3) is 0 Å². The Morgan fingerprint density at radius 2 is 1.84 bits per heavy atom. The molecule has 0 saturated carbocycles. The zero-order valence-electron chi connectivity index (χ0n) is 12.7. The topological polar surface area (TPSA) is 53.8 Å². The van der Waals surface area contributed by atoms with Crippen molar-refractivity contribution in [3.8, 4) is 0 Å². The predicted molar refractivity (Wildman–Crippen MR) is 106 cm³/mol. The van der Waals surface area contributed by atoms with Crippen LogP contribution in [-0.2, 0) is 11.2 Å². The second kappa shape index (κ2) is 8.23. The fraction of sp³-hybridized carbons (Fsp3) is 0.118. The Kier molecular flexibility index (Phi) is 6.02. The summed E-state index contributed by atoms with van der Waals surface area (Å²) in [7, 11) is 0. The van der Waals surface area contributed by atoms with E-state index in [2.05, 4.69) is 15.5 Å². The average molecular weight is 413 g/mol. The van der Waals surface area contributed by atoms with E-state index in [1.54, 1.807) is 18.3 Å². The van der Waals surface area contributed by atoms with Gasteiger partial charge < -0.3 is 5.32 Å². The standard InChI is InChI=1S/C17H12Cl3N3OS/c18-12-6-2-1-4-11(12)9-21-23-17-22-16(24)14(25-17)8-10-5-3-7-13(19)15(10)20/h1-7,9,14H,8H2,(H,22,23,24). The smallest absolute Gasteiger partial charge is 0.239 e. The number of benzene rings is 2. The monoisotopic (exact) mass is 411 g/mol. The van der Waals surface area contributed by atoms with E-state index in [0.717, 1.165) is 11.1 Å². The molecular weight excluding hydrogens is 401 g/mol. The molecule has 1 fully saturated rings. The van der Waals surface area contributed by atoms with Crippen molar-refractivity contribution in [3.63, 3.8) is 0 Å². The summed E-state index contributed by atoms with van der Waals surface area (Å²) in [6.07, 6.45) is 2.01. The van der Waals surface area contributed by atoms with E-state index in [4.69, 9.17) is 34.8 Å². The molecule has 8 heteroatoms. The van der Waals surface area contributed by atoms with Gasteiger partial charge in [0.2, 0.25) is 5.91 Å². The summed E-state index contributed by atoms with van der Waals surface area (Å²) in [6.45, 7) is 0. The molecule has 1 heterocycles. The molecular formula is C17H12Cl3N3OS. The zero-order valence-corrected chi connectivity index (χ0v) is 15.8. The number of nitrogens with zero attached hydrogens (tertiary/aromatic N) is 2. The van der Waals surface area contributed by atoms with Gasteiger partial charge in [-0.1, -0.05) is 76.9 Å². The lowest BCUT2D eigenvalue weighted by atomic mass is 10.1. The second-order valence-corrected chi connectivity index (χ2v) is 7.57. The van der Waals surface area contributed by atoms with Crippen LogP contribution >= 0.6 is 46.6 Å². The van der Waals surface area contributed by atoms with Crippen molar-refractivity contribution < 1.29 is 4.79 Å². The largest absolute Gasteiger partial charge is 0.303 e. The quantitative estimate of drug-likeness (QED) is 0.578. The molecule has 0 bridgehead atoms. The highest BCUT2D eigenvalue weighted by Crippen LogP contribution is 2.30. The van der Waals surface area contributed by atoms with Gasteiger partial charge in [-0.25, -0.2) is 0 Å². The molecule has 25 heavy (non-hydrogen) atoms. The molecule has 128 valence electrons. The van der Waals surface area contributed by atoms with Crippen LogP contribution in [0.5, 0.6) is 0 Å². The van der Waals surface area contributed by atoms with Crippen LogP contribution in [0.4, 0.5) is 0 Å². The van der Waals surface area contributed by atoms with Gasteiger partial charge in [-0.3, -0.25) is 4.79 Å². The van der Waals surface area contributed by atoms with Crippen molar-refractivity contribution in [1.29, 1.82) is 0 Å². The first-order valence-corrected chi connectivity index (χ1v) is 9.32. The first-order valence-electron chi connectivity index (χ1n) is 7.30. The van der Waals surface area contributed by atoms with Crippen molar-refractivity contribution in [2.45, 2.75) is 11.7 Å². The molecule has 1 atom stereocenters. The molecule has 0 spiro atoms. The Hall–Kier alpha value is -1.53. The Morgan fingerprint density at radius 3 is 2.64 bits per heavy atom. The molecule has 1 aliphatic rings. The first-order chi connectivity index (χ1) is 12.0. The van der Waals surface area contributed by atoms with Crippen LogP contribution in [0.25, 0.3) is 0 Å². The van der Waals surface area contributed by atoms with E-state index < -0.39 is 0 Å². The number of hydrogen-bond donors (Lipinski definition) is 1. The molecule has 0 radical (unpaired) electrons. The number of hydrogen-bond acceptors (Lipinski definition) is 4. The molecule has 3 rings (SSSR count). The van der Waals surface area contributed by atoms with E-state index in [0.29, 0.717) is 26.7 Å². The SMILES string of the molecule is O=C1N/C(=N\N=Cc2ccccc2Cl)SC1Cc1cccc(Cl)c1Cl. The van der Waals surface area contributed by atoms with Crippen LogP contribution in [0, 0.1) is 0 Å². The van der Waals surface area contributed by atoms with E-state index in [1.807, 2.05) is 30.3 Å². The van der Waals surface area contributed by atoms with Crippen molar-refractivity contribution >= 4 is 63.9 Å². The molecule has 0 aromatic heterocycles. The van der Waals surface area contributed by atoms with Crippen LogP contribution in [-0.4, -0.2) is 22.5 Å². The number of halogens is 3. The molecule has 1 unspecified atom stereocenters. The van der Waals surface area contributed by atoms with E-state index in [9.17, 15) is 4.79 Å². The lowest BCUT2D eigenvalue weighted by Gasteiger charge is -2.08. The lowest BCUT2D eigenvalue weighted by Crippen LogP contribution is -2.26. The number of amidine groups is 1. The van der Waals surface area contributed by atoms with E-state index in [1.165, 1.54) is 11.8 Å². The normalized spacial score (nSPS) is 18.9. The Bertz CT molecular complexity index is 870. The fourth-order valence-corrected chi connectivity index (χ4v) is 3.75. The summed E-state index contributed by atoms with van der Waals surface area (Å²) in [5.74, 6) is -0.132. The third kappa shape index (κ3) is 4.55. The van der Waals surface area contributed by atoms with Crippen LogP contribution in [0.15, 0.2) is 52.7 Å². The molecule has 1 amide bonds. The van der Waals surface area contributed by atoms with Gasteiger partial charge in [0.15, 0.2) is 5.17 Å². The third-order valence-corrected chi connectivity index (χ3v) is 5.74. The molecule has 1 N–H and O–H groups in total. The van der Waals surface area contributed by atoms with Gasteiger partial charge in [0.05, 0.1) is 21.5 Å². The molecule has 1 saturated heterocycles. The highest BCUT2D eigenvalue weighted by Gasteiger charge is 2.31. The predicted octanol–water partition coefficient (Wildman–Crippen LogP) is 4.81. The minimum absolute atomic E-state index is 0.132. The Balaban J connectivity index is 1.68. The molecule has 2 aromatic rings. The summed E-state index contributed by atoms with van der Waals surface area (Å²) in [5.41, 5.74) is 1.58. The summed E-state index contributed by atoms with van der Waals surface area (Å²) >= 11 is 19.5. The van der Waals surface area contributed by atoms with Crippen LogP contribution in [0.2, 0.25) is 15.1 Å². The van der Waals surface area contributed by atoms with Crippen molar-refractivity contribution in [2.24, 2.45) is 10.2 Å². The Labute approximate surface area is 164 Å². The second-order valence-electron chi connectivity index (χ2n) is 5.18. The fourth-order valence-electron chi connectivity index (χ4n) is 2.22. The van der Waals surface area contributed by atoms with Crippen LogP contribution in [0.1, 0.15) is 11.1 Å². The average Bonchev–Trinajstić information content (AvgIpc) is 2.93. The summed E-state index contributed by atoms with van der Waals surface area (Å²) in [6, 6.07) is 12.7. The summed E-state index contributed by atoms with van der Waals surface area (Å²) in [4.78, 5) is 12.1. The number of nitrogens with one attached hydrogen (secondary N) is 1. The maximum atomic E-state index is 12.1. The highest BCUT2D eigenvalue weighted by atomic mass is 35.5. The van der Waals surface area contributed by atoms with Gasteiger partial charge in [-0.15, -0.1) is 5.10 Å². The summed E-state index contributed by atoms with van der Waals surface area (Å²) in [5, 5.41) is 12.4. The molecule has 0 aliphatic carbocycles. The highest BCUT2D eigenvalue weighted by molar-refractivity contribution is 8.15. The number of amides is 1.